The minimum absolute atomic E-state index is 0.0481. The van der Waals surface area contributed by atoms with Crippen LogP contribution < -0.4 is 0 Å². The molecule has 1 aromatic heterocycles. The van der Waals surface area contributed by atoms with Crippen molar-refractivity contribution in [1.29, 1.82) is 0 Å². The van der Waals surface area contributed by atoms with Gasteiger partial charge in [-0.25, -0.2) is 0 Å². The van der Waals surface area contributed by atoms with Crippen LogP contribution in [0.25, 0.3) is 0 Å². The first-order chi connectivity index (χ1) is 12.4. The van der Waals surface area contributed by atoms with Crippen molar-refractivity contribution in [2.75, 3.05) is 0 Å². The first kappa shape index (κ1) is 19.9. The molecular formula is C22H28O4S. The Labute approximate surface area is 164 Å². The monoisotopic (exact) mass is 388 g/mol. The van der Waals surface area contributed by atoms with Gasteiger partial charge in [0.1, 0.15) is 11.5 Å². The second-order valence-corrected chi connectivity index (χ2v) is 10.5. The topological polar surface area (TPSA) is 74.6 Å². The number of aryl methyl sites for hydroxylation is 1. The minimum atomic E-state index is -0.683. The zero-order valence-corrected chi connectivity index (χ0v) is 17.5. The molecule has 0 aliphatic heterocycles. The maximum absolute atomic E-state index is 13.0. The smallest absolute Gasteiger partial charge is 0.163 e. The molecule has 0 aromatic carbocycles. The fourth-order valence-electron chi connectivity index (χ4n) is 4.35. The average molecular weight is 389 g/mol. The maximum atomic E-state index is 13.0. The number of carbonyl (C=O) groups excluding carboxylic acids is 2. The zero-order chi connectivity index (χ0) is 20.1. The summed E-state index contributed by atoms with van der Waals surface area (Å²) in [5.41, 5.74) is 0.911. The molecule has 0 amide bonds. The van der Waals surface area contributed by atoms with Gasteiger partial charge in [0.25, 0.3) is 0 Å². The number of rotatable bonds is 3. The summed E-state index contributed by atoms with van der Waals surface area (Å²) in [5.74, 6) is -0.866. The SMILES string of the molecule is Cc1ccsc1C(C1=C(O)CC(C)(C)CC1=O)C1=C(O)CC(C)(C)CC1=O. The summed E-state index contributed by atoms with van der Waals surface area (Å²) >= 11 is 1.46. The molecule has 0 fully saturated rings. The molecule has 2 aliphatic carbocycles. The summed E-state index contributed by atoms with van der Waals surface area (Å²) in [7, 11) is 0. The predicted molar refractivity (Wildman–Crippen MR) is 107 cm³/mol. The summed E-state index contributed by atoms with van der Waals surface area (Å²) in [6.07, 6.45) is 1.42. The zero-order valence-electron chi connectivity index (χ0n) is 16.7. The average Bonchev–Trinajstić information content (AvgIpc) is 2.87. The van der Waals surface area contributed by atoms with E-state index >= 15 is 0 Å². The summed E-state index contributed by atoms with van der Waals surface area (Å²) in [4.78, 5) is 26.9. The van der Waals surface area contributed by atoms with Crippen molar-refractivity contribution in [3.05, 3.63) is 44.6 Å². The van der Waals surface area contributed by atoms with E-state index in [0.717, 1.165) is 10.4 Å². The van der Waals surface area contributed by atoms with E-state index in [4.69, 9.17) is 0 Å². The van der Waals surface area contributed by atoms with E-state index in [9.17, 15) is 19.8 Å². The molecule has 0 radical (unpaired) electrons. The standard InChI is InChI=1S/C22H28O4S/c1-12-6-7-27-20(12)19(17-13(23)8-21(2,3)9-14(17)24)18-15(25)10-22(4,5)11-16(18)26/h6-7,19,23,25H,8-11H2,1-5H3. The van der Waals surface area contributed by atoms with Gasteiger partial charge in [-0.2, -0.15) is 0 Å². The van der Waals surface area contributed by atoms with Crippen LogP contribution in [-0.2, 0) is 9.59 Å². The van der Waals surface area contributed by atoms with Gasteiger partial charge >= 0.3 is 0 Å². The van der Waals surface area contributed by atoms with E-state index in [1.807, 2.05) is 46.1 Å². The maximum Gasteiger partial charge on any atom is 0.163 e. The number of thiophene rings is 1. The first-order valence-electron chi connectivity index (χ1n) is 9.36. The second-order valence-electron chi connectivity index (χ2n) is 9.50. The number of allylic oxidation sites excluding steroid dienone is 4. The molecule has 0 spiro atoms. The molecule has 0 unspecified atom stereocenters. The van der Waals surface area contributed by atoms with Crippen molar-refractivity contribution in [2.24, 2.45) is 10.8 Å². The second kappa shape index (κ2) is 6.62. The molecule has 1 aromatic rings. The molecule has 0 bridgehead atoms. The van der Waals surface area contributed by atoms with Crippen molar-refractivity contribution < 1.29 is 19.8 Å². The molecule has 3 rings (SSSR count). The van der Waals surface area contributed by atoms with E-state index in [0.29, 0.717) is 25.7 Å². The molecule has 146 valence electrons. The van der Waals surface area contributed by atoms with Crippen LogP contribution in [0.3, 0.4) is 0 Å². The number of aliphatic hydroxyl groups excluding tert-OH is 2. The molecule has 0 atom stereocenters. The van der Waals surface area contributed by atoms with Crippen LogP contribution in [0.2, 0.25) is 0 Å². The van der Waals surface area contributed by atoms with E-state index in [1.165, 1.54) is 11.3 Å². The van der Waals surface area contributed by atoms with Crippen LogP contribution in [0.15, 0.2) is 34.1 Å². The third-order valence-corrected chi connectivity index (χ3v) is 6.62. The lowest BCUT2D eigenvalue weighted by Gasteiger charge is -2.36. The molecule has 27 heavy (non-hydrogen) atoms. The van der Waals surface area contributed by atoms with Gasteiger partial charge in [-0.3, -0.25) is 9.59 Å². The quantitative estimate of drug-likeness (QED) is 0.712. The van der Waals surface area contributed by atoms with Gasteiger partial charge in [0.2, 0.25) is 0 Å². The third-order valence-electron chi connectivity index (χ3n) is 5.53. The minimum Gasteiger partial charge on any atom is -0.512 e. The summed E-state index contributed by atoms with van der Waals surface area (Å²) in [6.45, 7) is 9.74. The highest BCUT2D eigenvalue weighted by Gasteiger charge is 2.44. The van der Waals surface area contributed by atoms with Gasteiger partial charge in [0, 0.05) is 41.7 Å². The van der Waals surface area contributed by atoms with Crippen LogP contribution in [0, 0.1) is 17.8 Å². The van der Waals surface area contributed by atoms with E-state index in [2.05, 4.69) is 0 Å². The number of aliphatic hydroxyl groups is 2. The summed E-state index contributed by atoms with van der Waals surface area (Å²) in [5, 5.41) is 23.5. The lowest BCUT2D eigenvalue weighted by molar-refractivity contribution is -0.119. The Morgan fingerprint density at radius 2 is 1.33 bits per heavy atom. The van der Waals surface area contributed by atoms with Crippen molar-refractivity contribution >= 4 is 22.9 Å². The number of carbonyl (C=O) groups is 2. The van der Waals surface area contributed by atoms with Crippen LogP contribution in [0.5, 0.6) is 0 Å². The lowest BCUT2D eigenvalue weighted by Crippen LogP contribution is -2.33. The Hall–Kier alpha value is -1.88. The third kappa shape index (κ3) is 3.75. The van der Waals surface area contributed by atoms with Crippen LogP contribution in [0.1, 0.15) is 69.7 Å². The largest absolute Gasteiger partial charge is 0.512 e. The van der Waals surface area contributed by atoms with Gasteiger partial charge in [-0.05, 0) is 34.8 Å². The molecule has 2 aliphatic rings. The van der Waals surface area contributed by atoms with Gasteiger partial charge < -0.3 is 10.2 Å². The Kier molecular flexibility index (Phi) is 4.87. The van der Waals surface area contributed by atoms with Crippen molar-refractivity contribution in [3.63, 3.8) is 0 Å². The lowest BCUT2D eigenvalue weighted by atomic mass is 9.68. The highest BCUT2D eigenvalue weighted by atomic mass is 32.1. The Morgan fingerprint density at radius 1 is 0.889 bits per heavy atom. The molecule has 4 nitrogen and oxygen atoms in total. The van der Waals surface area contributed by atoms with Gasteiger partial charge in [-0.15, -0.1) is 11.3 Å². The molecule has 5 heteroatoms. The Bertz CT molecular complexity index is 815. The van der Waals surface area contributed by atoms with Crippen molar-refractivity contribution in [1.82, 2.24) is 0 Å². The fourth-order valence-corrected chi connectivity index (χ4v) is 5.39. The molecular weight excluding hydrogens is 360 g/mol. The van der Waals surface area contributed by atoms with Crippen LogP contribution >= 0.6 is 11.3 Å². The molecule has 2 N–H and O–H groups in total. The van der Waals surface area contributed by atoms with Crippen LogP contribution in [-0.4, -0.2) is 21.8 Å². The number of ketones is 2. The predicted octanol–water partition coefficient (Wildman–Crippen LogP) is 5.54. The summed E-state index contributed by atoms with van der Waals surface area (Å²) < 4.78 is 0. The Balaban J connectivity index is 2.22. The van der Waals surface area contributed by atoms with Gasteiger partial charge in [0.15, 0.2) is 11.6 Å². The van der Waals surface area contributed by atoms with E-state index in [-0.39, 0.29) is 45.1 Å². The fraction of sp³-hybridized carbons (Fsp3) is 0.545. The molecule has 0 saturated heterocycles. The van der Waals surface area contributed by atoms with E-state index in [1.54, 1.807) is 0 Å². The highest BCUT2D eigenvalue weighted by molar-refractivity contribution is 7.10. The first-order valence-corrected chi connectivity index (χ1v) is 10.2. The highest BCUT2D eigenvalue weighted by Crippen LogP contribution is 2.49. The van der Waals surface area contributed by atoms with E-state index < -0.39 is 5.92 Å². The normalized spacial score (nSPS) is 22.7. The van der Waals surface area contributed by atoms with Crippen molar-refractivity contribution in [2.45, 2.75) is 66.2 Å². The van der Waals surface area contributed by atoms with Gasteiger partial charge in [0.05, 0.1) is 5.92 Å². The Morgan fingerprint density at radius 3 is 1.67 bits per heavy atom. The van der Waals surface area contributed by atoms with Crippen molar-refractivity contribution in [3.8, 4) is 0 Å². The summed E-state index contributed by atoms with van der Waals surface area (Å²) in [6, 6.07) is 1.94. The molecule has 0 saturated carbocycles. The number of hydrogen-bond donors (Lipinski definition) is 2. The number of hydrogen-bond acceptors (Lipinski definition) is 5. The molecule has 1 heterocycles. The van der Waals surface area contributed by atoms with Crippen LogP contribution in [0.4, 0.5) is 0 Å². The number of Topliss-reactive ketones (excluding diaryl/α,β-unsaturated/α-hetero) is 2. The van der Waals surface area contributed by atoms with Gasteiger partial charge in [-0.1, -0.05) is 27.7 Å².